The van der Waals surface area contributed by atoms with Gasteiger partial charge in [0.2, 0.25) is 5.91 Å². The first-order valence-electron chi connectivity index (χ1n) is 6.71. The summed E-state index contributed by atoms with van der Waals surface area (Å²) in [6.07, 6.45) is 0.244. The molecule has 1 atom stereocenters. The predicted octanol–water partition coefficient (Wildman–Crippen LogP) is 3.10. The summed E-state index contributed by atoms with van der Waals surface area (Å²) in [5.41, 5.74) is 7.48. The van der Waals surface area contributed by atoms with E-state index in [0.717, 1.165) is 16.4 Å². The third-order valence-electron chi connectivity index (χ3n) is 2.82. The maximum absolute atomic E-state index is 12.0. The van der Waals surface area contributed by atoms with Crippen LogP contribution in [-0.4, -0.2) is 15.9 Å². The lowest BCUT2D eigenvalue weighted by Crippen LogP contribution is -2.16. The lowest BCUT2D eigenvalue weighted by molar-refractivity contribution is -0.115. The topological polar surface area (TPSA) is 80.9 Å². The van der Waals surface area contributed by atoms with Crippen LogP contribution in [0.3, 0.4) is 0 Å². The molecule has 2 heterocycles. The Balaban J connectivity index is 1.96. The molecule has 114 valence electrons. The van der Waals surface area contributed by atoms with Crippen molar-refractivity contribution in [1.82, 2.24) is 9.97 Å². The molecule has 21 heavy (non-hydrogen) atoms. The summed E-state index contributed by atoms with van der Waals surface area (Å²) >= 11 is 2.93. The smallest absolute Gasteiger partial charge is 0.232 e. The van der Waals surface area contributed by atoms with E-state index in [1.807, 2.05) is 17.7 Å². The number of hydrogen-bond donors (Lipinski definition) is 2. The Labute approximate surface area is 132 Å². The van der Waals surface area contributed by atoms with Crippen LogP contribution in [0.5, 0.6) is 0 Å². The van der Waals surface area contributed by atoms with E-state index < -0.39 is 0 Å². The monoisotopic (exact) mass is 324 g/mol. The fraction of sp³-hybridized carbons (Fsp3) is 0.500. The number of nitrogens with zero attached hydrogens (tertiary/aromatic N) is 2. The Morgan fingerprint density at radius 3 is 2.57 bits per heavy atom. The molecule has 0 aliphatic heterocycles. The SMILES string of the molecule is CC(N)c1nc(CC(=O)Nc2nc(C(C)(C)C)cs2)cs1. The van der Waals surface area contributed by atoms with Gasteiger partial charge in [-0.15, -0.1) is 22.7 Å². The third kappa shape index (κ3) is 4.33. The second-order valence-electron chi connectivity index (χ2n) is 5.98. The molecule has 5 nitrogen and oxygen atoms in total. The minimum atomic E-state index is -0.105. The van der Waals surface area contributed by atoms with Gasteiger partial charge in [0.1, 0.15) is 5.01 Å². The van der Waals surface area contributed by atoms with Crippen molar-refractivity contribution in [2.75, 3.05) is 5.32 Å². The largest absolute Gasteiger partial charge is 0.322 e. The van der Waals surface area contributed by atoms with Gasteiger partial charge in [-0.3, -0.25) is 4.79 Å². The molecule has 3 N–H and O–H groups in total. The summed E-state index contributed by atoms with van der Waals surface area (Å²) in [5, 5.41) is 8.16. The van der Waals surface area contributed by atoms with Crippen LogP contribution in [0.2, 0.25) is 0 Å². The fourth-order valence-corrected chi connectivity index (χ4v) is 3.35. The van der Waals surface area contributed by atoms with Crippen LogP contribution in [0.25, 0.3) is 0 Å². The number of carbonyl (C=O) groups excluding carboxylic acids is 1. The quantitative estimate of drug-likeness (QED) is 0.905. The highest BCUT2D eigenvalue weighted by atomic mass is 32.1. The fourth-order valence-electron chi connectivity index (χ4n) is 1.62. The number of amides is 1. The number of thiazole rings is 2. The van der Waals surface area contributed by atoms with E-state index in [9.17, 15) is 4.79 Å². The van der Waals surface area contributed by atoms with E-state index >= 15 is 0 Å². The highest BCUT2D eigenvalue weighted by molar-refractivity contribution is 7.14. The van der Waals surface area contributed by atoms with E-state index in [-0.39, 0.29) is 23.8 Å². The zero-order valence-electron chi connectivity index (χ0n) is 12.6. The van der Waals surface area contributed by atoms with Crippen molar-refractivity contribution in [3.05, 3.63) is 27.2 Å². The Morgan fingerprint density at radius 1 is 1.33 bits per heavy atom. The van der Waals surface area contributed by atoms with Gasteiger partial charge in [-0.1, -0.05) is 20.8 Å². The maximum atomic E-state index is 12.0. The van der Waals surface area contributed by atoms with Crippen molar-refractivity contribution in [3.63, 3.8) is 0 Å². The van der Waals surface area contributed by atoms with E-state index in [2.05, 4.69) is 36.1 Å². The maximum Gasteiger partial charge on any atom is 0.232 e. The van der Waals surface area contributed by atoms with Crippen molar-refractivity contribution >= 4 is 33.7 Å². The average molecular weight is 324 g/mol. The molecule has 2 aromatic heterocycles. The molecule has 0 bridgehead atoms. The van der Waals surface area contributed by atoms with Crippen LogP contribution < -0.4 is 11.1 Å². The zero-order chi connectivity index (χ0) is 15.6. The molecule has 0 aliphatic carbocycles. The highest BCUT2D eigenvalue weighted by Gasteiger charge is 2.18. The Bertz CT molecular complexity index is 625. The summed E-state index contributed by atoms with van der Waals surface area (Å²) in [6, 6.07) is -0.0971. The summed E-state index contributed by atoms with van der Waals surface area (Å²) < 4.78 is 0. The van der Waals surface area contributed by atoms with E-state index in [1.54, 1.807) is 0 Å². The first kappa shape index (κ1) is 16.1. The minimum absolute atomic E-state index is 0.0133. The number of carbonyl (C=O) groups is 1. The third-order valence-corrected chi connectivity index (χ3v) is 4.67. The number of nitrogens with two attached hydrogens (primary N) is 1. The van der Waals surface area contributed by atoms with Crippen molar-refractivity contribution in [3.8, 4) is 0 Å². The van der Waals surface area contributed by atoms with Gasteiger partial charge in [-0.25, -0.2) is 9.97 Å². The lowest BCUT2D eigenvalue weighted by Gasteiger charge is -2.14. The Hall–Kier alpha value is -1.31. The zero-order valence-corrected chi connectivity index (χ0v) is 14.3. The molecule has 0 saturated heterocycles. The molecule has 0 radical (unpaired) electrons. The molecule has 7 heteroatoms. The highest BCUT2D eigenvalue weighted by Crippen LogP contribution is 2.26. The predicted molar refractivity (Wildman–Crippen MR) is 87.9 cm³/mol. The summed E-state index contributed by atoms with van der Waals surface area (Å²) in [7, 11) is 0. The van der Waals surface area contributed by atoms with Gasteiger partial charge in [-0.05, 0) is 6.92 Å². The standard InChI is InChI=1S/C14H20N4OS2/c1-8(15)12-16-9(6-20-12)5-11(19)18-13-17-10(7-21-13)14(2,3)4/h6-8H,5,15H2,1-4H3,(H,17,18,19). The normalized spacial score (nSPS) is 13.2. The molecule has 1 unspecified atom stereocenters. The van der Waals surface area contributed by atoms with Crippen molar-refractivity contribution in [2.45, 2.75) is 45.6 Å². The van der Waals surface area contributed by atoms with Gasteiger partial charge in [0.25, 0.3) is 0 Å². The number of hydrogen-bond acceptors (Lipinski definition) is 6. The molecule has 2 rings (SSSR count). The second kappa shape index (κ2) is 6.21. The number of rotatable bonds is 4. The van der Waals surface area contributed by atoms with Crippen LogP contribution in [-0.2, 0) is 16.6 Å². The average Bonchev–Trinajstić information content (AvgIpc) is 2.97. The molecule has 0 spiro atoms. The van der Waals surface area contributed by atoms with Gasteiger partial charge in [0.05, 0.1) is 23.9 Å². The molecule has 0 aliphatic rings. The van der Waals surface area contributed by atoms with Gasteiger partial charge < -0.3 is 11.1 Å². The second-order valence-corrected chi connectivity index (χ2v) is 7.73. The first-order valence-corrected chi connectivity index (χ1v) is 8.47. The molecule has 0 saturated carbocycles. The van der Waals surface area contributed by atoms with E-state index in [4.69, 9.17) is 5.73 Å². The first-order chi connectivity index (χ1) is 9.75. The Morgan fingerprint density at radius 2 is 2.05 bits per heavy atom. The lowest BCUT2D eigenvalue weighted by atomic mass is 9.93. The van der Waals surface area contributed by atoms with Crippen molar-refractivity contribution in [2.24, 2.45) is 5.73 Å². The summed E-state index contributed by atoms with van der Waals surface area (Å²) in [4.78, 5) is 20.8. The van der Waals surface area contributed by atoms with Crippen LogP contribution in [0.1, 0.15) is 50.1 Å². The van der Waals surface area contributed by atoms with Gasteiger partial charge in [0, 0.05) is 16.2 Å². The summed E-state index contributed by atoms with van der Waals surface area (Å²) in [5.74, 6) is -0.105. The number of nitrogens with one attached hydrogen (secondary N) is 1. The van der Waals surface area contributed by atoms with Gasteiger partial charge >= 0.3 is 0 Å². The Kier molecular flexibility index (Phi) is 4.75. The van der Waals surface area contributed by atoms with Crippen LogP contribution in [0.4, 0.5) is 5.13 Å². The number of aromatic nitrogens is 2. The van der Waals surface area contributed by atoms with Gasteiger partial charge in [-0.2, -0.15) is 0 Å². The van der Waals surface area contributed by atoms with Crippen LogP contribution >= 0.6 is 22.7 Å². The van der Waals surface area contributed by atoms with Crippen LogP contribution in [0.15, 0.2) is 10.8 Å². The molecule has 2 aromatic rings. The van der Waals surface area contributed by atoms with E-state index in [0.29, 0.717) is 5.13 Å². The van der Waals surface area contributed by atoms with Crippen molar-refractivity contribution in [1.29, 1.82) is 0 Å². The molecule has 0 aromatic carbocycles. The van der Waals surface area contributed by atoms with Gasteiger partial charge in [0.15, 0.2) is 5.13 Å². The van der Waals surface area contributed by atoms with Crippen LogP contribution in [0, 0.1) is 0 Å². The molecular weight excluding hydrogens is 304 g/mol. The summed E-state index contributed by atoms with van der Waals surface area (Å²) in [6.45, 7) is 8.17. The van der Waals surface area contributed by atoms with Crippen molar-refractivity contribution < 1.29 is 4.79 Å². The minimum Gasteiger partial charge on any atom is -0.322 e. The molecule has 1 amide bonds. The molecular formula is C14H20N4OS2. The number of anilines is 1. The van der Waals surface area contributed by atoms with E-state index in [1.165, 1.54) is 22.7 Å². The molecule has 0 fully saturated rings.